The van der Waals surface area contributed by atoms with Gasteiger partial charge in [0, 0.05) is 17.1 Å². The minimum absolute atomic E-state index is 0.311. The Balaban J connectivity index is 2.21. The molecular formula is C16H13NO3. The minimum atomic E-state index is 0.311. The summed E-state index contributed by atoms with van der Waals surface area (Å²) in [5, 5.41) is 0.935. The highest BCUT2D eigenvalue weighted by Gasteiger charge is 2.12. The van der Waals surface area contributed by atoms with Crippen molar-refractivity contribution in [3.8, 4) is 17.1 Å². The molecule has 0 fully saturated rings. The monoisotopic (exact) mass is 267 g/mol. The van der Waals surface area contributed by atoms with Gasteiger partial charge in [-0.1, -0.05) is 6.07 Å². The molecule has 0 spiro atoms. The molecule has 0 unspecified atom stereocenters. The van der Waals surface area contributed by atoms with Crippen LogP contribution in [0, 0.1) is 0 Å². The summed E-state index contributed by atoms with van der Waals surface area (Å²) < 4.78 is 11.1. The fraction of sp³-hybridized carbons (Fsp3) is 0.125. The van der Waals surface area contributed by atoms with Gasteiger partial charge in [0.1, 0.15) is 17.0 Å². The zero-order chi connectivity index (χ0) is 13.9. The summed E-state index contributed by atoms with van der Waals surface area (Å²) in [5.74, 6) is 1.70. The first-order valence-electron chi connectivity index (χ1n) is 6.39. The minimum Gasteiger partial charge on any atom is -0.492 e. The lowest BCUT2D eigenvalue weighted by atomic mass is 10.1. The van der Waals surface area contributed by atoms with Crippen LogP contribution in [0.25, 0.3) is 22.2 Å². The second kappa shape index (κ2) is 5.17. The third kappa shape index (κ3) is 2.05. The molecule has 0 aliphatic rings. The van der Waals surface area contributed by atoms with Crippen LogP contribution in [-0.4, -0.2) is 17.9 Å². The Kier molecular flexibility index (Phi) is 3.21. The third-order valence-electron chi connectivity index (χ3n) is 3.04. The molecule has 4 nitrogen and oxygen atoms in total. The van der Waals surface area contributed by atoms with Gasteiger partial charge in [-0.2, -0.15) is 0 Å². The molecule has 2 heterocycles. The Morgan fingerprint density at radius 3 is 2.90 bits per heavy atom. The number of rotatable bonds is 4. The number of hydrogen-bond donors (Lipinski definition) is 0. The molecule has 2 aromatic heterocycles. The van der Waals surface area contributed by atoms with Crippen molar-refractivity contribution >= 4 is 17.2 Å². The first-order valence-corrected chi connectivity index (χ1v) is 6.39. The number of aldehydes is 1. The van der Waals surface area contributed by atoms with Gasteiger partial charge >= 0.3 is 0 Å². The van der Waals surface area contributed by atoms with Gasteiger partial charge < -0.3 is 9.15 Å². The summed E-state index contributed by atoms with van der Waals surface area (Å²) >= 11 is 0. The van der Waals surface area contributed by atoms with Crippen molar-refractivity contribution in [1.82, 2.24) is 4.98 Å². The van der Waals surface area contributed by atoms with Gasteiger partial charge in [-0.15, -0.1) is 0 Å². The summed E-state index contributed by atoms with van der Waals surface area (Å²) in [6.45, 7) is 2.52. The van der Waals surface area contributed by atoms with Crippen molar-refractivity contribution in [1.29, 1.82) is 0 Å². The SMILES string of the molecule is CCOc1ccc(-c2ccc(C=O)o2)c2cccnc12. The molecule has 0 saturated heterocycles. The maximum Gasteiger partial charge on any atom is 0.185 e. The quantitative estimate of drug-likeness (QED) is 0.676. The smallest absolute Gasteiger partial charge is 0.185 e. The van der Waals surface area contributed by atoms with Crippen molar-refractivity contribution in [3.63, 3.8) is 0 Å². The van der Waals surface area contributed by atoms with E-state index < -0.39 is 0 Å². The number of carbonyl (C=O) groups is 1. The topological polar surface area (TPSA) is 52.3 Å². The van der Waals surface area contributed by atoms with E-state index in [0.29, 0.717) is 24.4 Å². The number of carbonyl (C=O) groups excluding carboxylic acids is 1. The second-order valence-corrected chi connectivity index (χ2v) is 4.26. The highest BCUT2D eigenvalue weighted by Crippen LogP contribution is 2.33. The van der Waals surface area contributed by atoms with E-state index in [1.165, 1.54) is 0 Å². The Hall–Kier alpha value is -2.62. The van der Waals surface area contributed by atoms with Crippen molar-refractivity contribution in [3.05, 3.63) is 48.4 Å². The predicted octanol–water partition coefficient (Wildman–Crippen LogP) is 3.71. The molecule has 0 N–H and O–H groups in total. The lowest BCUT2D eigenvalue weighted by Gasteiger charge is -2.09. The first-order chi connectivity index (χ1) is 9.83. The fourth-order valence-electron chi connectivity index (χ4n) is 2.19. The average molecular weight is 267 g/mol. The Labute approximate surface area is 116 Å². The highest BCUT2D eigenvalue weighted by molar-refractivity contribution is 5.96. The van der Waals surface area contributed by atoms with Gasteiger partial charge in [0.05, 0.1) is 6.61 Å². The van der Waals surface area contributed by atoms with Crippen LogP contribution >= 0.6 is 0 Å². The lowest BCUT2D eigenvalue weighted by molar-refractivity contribution is 0.110. The lowest BCUT2D eigenvalue weighted by Crippen LogP contribution is -1.94. The van der Waals surface area contributed by atoms with Crippen molar-refractivity contribution < 1.29 is 13.9 Å². The van der Waals surface area contributed by atoms with E-state index in [-0.39, 0.29) is 0 Å². The fourth-order valence-corrected chi connectivity index (χ4v) is 2.19. The molecule has 3 aromatic rings. The first kappa shape index (κ1) is 12.4. The van der Waals surface area contributed by atoms with Crippen LogP contribution in [0.4, 0.5) is 0 Å². The molecular weight excluding hydrogens is 254 g/mol. The Morgan fingerprint density at radius 2 is 2.15 bits per heavy atom. The van der Waals surface area contributed by atoms with E-state index in [2.05, 4.69) is 4.98 Å². The van der Waals surface area contributed by atoms with Crippen LogP contribution < -0.4 is 4.74 Å². The average Bonchev–Trinajstić information content (AvgIpc) is 2.97. The molecule has 0 radical (unpaired) electrons. The zero-order valence-corrected chi connectivity index (χ0v) is 11.0. The van der Waals surface area contributed by atoms with Gasteiger partial charge in [0.25, 0.3) is 0 Å². The Bertz CT molecular complexity index is 761. The molecule has 0 saturated carbocycles. The number of nitrogens with zero attached hydrogens (tertiary/aromatic N) is 1. The number of fused-ring (bicyclic) bond motifs is 1. The molecule has 100 valence electrons. The number of ether oxygens (including phenoxy) is 1. The maximum absolute atomic E-state index is 10.7. The van der Waals surface area contributed by atoms with Crippen LogP contribution in [-0.2, 0) is 0 Å². The van der Waals surface area contributed by atoms with Crippen LogP contribution in [0.3, 0.4) is 0 Å². The molecule has 20 heavy (non-hydrogen) atoms. The second-order valence-electron chi connectivity index (χ2n) is 4.26. The molecule has 0 amide bonds. The molecule has 4 heteroatoms. The van der Waals surface area contributed by atoms with E-state index in [4.69, 9.17) is 9.15 Å². The zero-order valence-electron chi connectivity index (χ0n) is 11.0. The van der Waals surface area contributed by atoms with Crippen LogP contribution in [0.15, 0.2) is 47.0 Å². The standard InChI is InChI=1S/C16H13NO3/c1-2-19-15-8-6-12(13-4-3-9-17-16(13)15)14-7-5-11(10-18)20-14/h3-10H,2H2,1H3. The van der Waals surface area contributed by atoms with Crippen LogP contribution in [0.2, 0.25) is 0 Å². The van der Waals surface area contributed by atoms with Crippen LogP contribution in [0.5, 0.6) is 5.75 Å². The number of hydrogen-bond acceptors (Lipinski definition) is 4. The van der Waals surface area contributed by atoms with Crippen molar-refractivity contribution in [2.45, 2.75) is 6.92 Å². The summed E-state index contributed by atoms with van der Waals surface area (Å²) in [5.41, 5.74) is 1.68. The van der Waals surface area contributed by atoms with Gasteiger partial charge in [0.2, 0.25) is 0 Å². The van der Waals surface area contributed by atoms with Gasteiger partial charge in [-0.3, -0.25) is 9.78 Å². The number of aromatic nitrogens is 1. The molecule has 1 aromatic carbocycles. The summed E-state index contributed by atoms with van der Waals surface area (Å²) in [6.07, 6.45) is 2.42. The number of pyridine rings is 1. The van der Waals surface area contributed by atoms with E-state index in [0.717, 1.165) is 22.2 Å². The van der Waals surface area contributed by atoms with Gasteiger partial charge in [0.15, 0.2) is 12.0 Å². The summed E-state index contributed by atoms with van der Waals surface area (Å²) in [6, 6.07) is 11.1. The van der Waals surface area contributed by atoms with Crippen molar-refractivity contribution in [2.24, 2.45) is 0 Å². The molecule has 0 bridgehead atoms. The van der Waals surface area contributed by atoms with E-state index in [9.17, 15) is 4.79 Å². The van der Waals surface area contributed by atoms with E-state index in [1.807, 2.05) is 31.2 Å². The van der Waals surface area contributed by atoms with E-state index >= 15 is 0 Å². The van der Waals surface area contributed by atoms with Gasteiger partial charge in [-0.25, -0.2) is 0 Å². The van der Waals surface area contributed by atoms with E-state index in [1.54, 1.807) is 18.3 Å². The molecule has 0 aliphatic carbocycles. The van der Waals surface area contributed by atoms with Gasteiger partial charge in [-0.05, 0) is 37.3 Å². The largest absolute Gasteiger partial charge is 0.492 e. The number of benzene rings is 1. The van der Waals surface area contributed by atoms with Crippen molar-refractivity contribution in [2.75, 3.05) is 6.61 Å². The third-order valence-corrected chi connectivity index (χ3v) is 3.04. The molecule has 3 rings (SSSR count). The normalized spacial score (nSPS) is 10.7. The summed E-state index contributed by atoms with van der Waals surface area (Å²) in [7, 11) is 0. The number of furan rings is 1. The maximum atomic E-state index is 10.7. The Morgan fingerprint density at radius 1 is 1.25 bits per heavy atom. The predicted molar refractivity (Wildman–Crippen MR) is 76.0 cm³/mol. The van der Waals surface area contributed by atoms with Crippen LogP contribution in [0.1, 0.15) is 17.5 Å². The molecule has 0 aliphatic heterocycles. The molecule has 0 atom stereocenters. The highest BCUT2D eigenvalue weighted by atomic mass is 16.5. The summed E-state index contributed by atoms with van der Waals surface area (Å²) in [4.78, 5) is 15.1.